The van der Waals surface area contributed by atoms with E-state index in [1.165, 1.54) is 22.6 Å². The number of hydrogen-bond acceptors (Lipinski definition) is 7. The molecule has 0 bridgehead atoms. The SMILES string of the molecule is O=C(c1cccs1)N(CC1C2CN(Cc3ccc(N4CCOCC4)cc3)CC21)c1ccc(N2CCOCC2)c(F)c1. The Labute approximate surface area is 245 Å². The molecule has 1 aliphatic carbocycles. The molecule has 1 saturated carbocycles. The number of amides is 1. The minimum atomic E-state index is -0.282. The molecule has 2 unspecified atom stereocenters. The van der Waals surface area contributed by atoms with Gasteiger partial charge >= 0.3 is 0 Å². The number of thiophene rings is 1. The second kappa shape index (κ2) is 11.7. The molecule has 9 heteroatoms. The minimum absolute atomic E-state index is 0.0410. The maximum Gasteiger partial charge on any atom is 0.268 e. The number of nitrogens with zero attached hydrogens (tertiary/aromatic N) is 4. The Balaban J connectivity index is 0.997. The molecule has 4 fully saturated rings. The minimum Gasteiger partial charge on any atom is -0.378 e. The average Bonchev–Trinajstić information content (AvgIpc) is 3.37. The Morgan fingerprint density at radius 3 is 2.22 bits per heavy atom. The molecule has 1 aromatic heterocycles. The standard InChI is InChI=1S/C32H37FN4O3S/c33-29-18-25(7-8-30(29)36-11-15-40-16-12-36)37(32(38)31-2-1-17-41-31)22-28-26-20-34(21-27(26)28)19-23-3-5-24(6-4-23)35-9-13-39-14-10-35/h1-8,17-18,26-28H,9-16,19-22H2. The molecule has 3 saturated heterocycles. The largest absolute Gasteiger partial charge is 0.378 e. The van der Waals surface area contributed by atoms with E-state index in [1.807, 2.05) is 39.4 Å². The van der Waals surface area contributed by atoms with Crippen LogP contribution in [0.3, 0.4) is 0 Å². The van der Waals surface area contributed by atoms with Crippen molar-refractivity contribution in [2.75, 3.05) is 86.9 Å². The van der Waals surface area contributed by atoms with E-state index in [1.54, 1.807) is 6.07 Å². The van der Waals surface area contributed by atoms with Crippen molar-refractivity contribution in [1.29, 1.82) is 0 Å². The van der Waals surface area contributed by atoms with Crippen molar-refractivity contribution < 1.29 is 18.7 Å². The van der Waals surface area contributed by atoms with E-state index in [9.17, 15) is 4.79 Å². The maximum atomic E-state index is 15.3. The van der Waals surface area contributed by atoms with Crippen LogP contribution in [0.4, 0.5) is 21.5 Å². The molecular weight excluding hydrogens is 539 g/mol. The second-order valence-corrected chi connectivity index (χ2v) is 12.5. The summed E-state index contributed by atoms with van der Waals surface area (Å²) in [6.07, 6.45) is 0. The van der Waals surface area contributed by atoms with Crippen molar-refractivity contribution in [1.82, 2.24) is 4.90 Å². The summed E-state index contributed by atoms with van der Waals surface area (Å²) in [5.41, 5.74) is 3.83. The molecule has 3 aromatic rings. The Kier molecular flexibility index (Phi) is 7.69. The number of rotatable bonds is 8. The zero-order valence-electron chi connectivity index (χ0n) is 23.3. The number of hydrogen-bond donors (Lipinski definition) is 0. The van der Waals surface area contributed by atoms with E-state index in [-0.39, 0.29) is 11.7 Å². The quantitative estimate of drug-likeness (QED) is 0.391. The van der Waals surface area contributed by atoms with E-state index in [0.717, 1.165) is 45.9 Å². The molecule has 216 valence electrons. The van der Waals surface area contributed by atoms with Gasteiger partial charge in [0.2, 0.25) is 0 Å². The number of ether oxygens (including phenoxy) is 2. The van der Waals surface area contributed by atoms with Crippen molar-refractivity contribution in [3.05, 3.63) is 76.2 Å². The van der Waals surface area contributed by atoms with Gasteiger partial charge in [0.15, 0.2) is 0 Å². The van der Waals surface area contributed by atoms with E-state index in [2.05, 4.69) is 34.1 Å². The van der Waals surface area contributed by atoms with Crippen LogP contribution in [0.5, 0.6) is 0 Å². The van der Waals surface area contributed by atoms with Gasteiger partial charge in [-0.3, -0.25) is 9.69 Å². The highest BCUT2D eigenvalue weighted by molar-refractivity contribution is 7.12. The highest BCUT2D eigenvalue weighted by atomic mass is 32.1. The third-order valence-corrected chi connectivity index (χ3v) is 9.99. The zero-order valence-corrected chi connectivity index (χ0v) is 24.1. The van der Waals surface area contributed by atoms with Gasteiger partial charge in [0.05, 0.1) is 37.0 Å². The van der Waals surface area contributed by atoms with Gasteiger partial charge in [-0.15, -0.1) is 11.3 Å². The van der Waals surface area contributed by atoms with Crippen LogP contribution in [0.25, 0.3) is 0 Å². The van der Waals surface area contributed by atoms with Gasteiger partial charge in [-0.05, 0) is 65.1 Å². The lowest BCUT2D eigenvalue weighted by Gasteiger charge is -2.30. The molecule has 1 amide bonds. The Bertz CT molecular complexity index is 1330. The van der Waals surface area contributed by atoms with Crippen LogP contribution >= 0.6 is 11.3 Å². The lowest BCUT2D eigenvalue weighted by atomic mass is 10.1. The highest BCUT2D eigenvalue weighted by Crippen LogP contribution is 2.52. The number of halogens is 1. The lowest BCUT2D eigenvalue weighted by molar-refractivity contribution is 0.0988. The summed E-state index contributed by atoms with van der Waals surface area (Å²) in [7, 11) is 0. The first-order valence-electron chi connectivity index (χ1n) is 14.8. The molecule has 2 aromatic carbocycles. The fraction of sp³-hybridized carbons (Fsp3) is 0.469. The van der Waals surface area contributed by atoms with Crippen LogP contribution in [-0.2, 0) is 16.0 Å². The van der Waals surface area contributed by atoms with Crippen LogP contribution in [0, 0.1) is 23.6 Å². The predicted octanol–water partition coefficient (Wildman–Crippen LogP) is 4.59. The number of carbonyl (C=O) groups is 1. The van der Waals surface area contributed by atoms with Gasteiger partial charge in [-0.2, -0.15) is 0 Å². The number of benzene rings is 2. The third kappa shape index (κ3) is 5.73. The van der Waals surface area contributed by atoms with Crippen LogP contribution in [-0.4, -0.2) is 83.0 Å². The molecule has 0 spiro atoms. The van der Waals surface area contributed by atoms with Crippen molar-refractivity contribution in [3.8, 4) is 0 Å². The van der Waals surface area contributed by atoms with E-state index < -0.39 is 0 Å². The zero-order chi connectivity index (χ0) is 27.8. The fourth-order valence-corrected chi connectivity index (χ4v) is 7.47. The fourth-order valence-electron chi connectivity index (χ4n) is 6.80. The second-order valence-electron chi connectivity index (χ2n) is 11.6. The number of morpholine rings is 2. The summed E-state index contributed by atoms with van der Waals surface area (Å²) < 4.78 is 26.2. The molecule has 4 heterocycles. The summed E-state index contributed by atoms with van der Waals surface area (Å²) in [6, 6.07) is 18.0. The molecule has 3 aliphatic heterocycles. The molecule has 2 atom stereocenters. The van der Waals surface area contributed by atoms with Crippen LogP contribution < -0.4 is 14.7 Å². The molecule has 41 heavy (non-hydrogen) atoms. The number of likely N-dealkylation sites (tertiary alicyclic amines) is 1. The molecule has 0 N–H and O–H groups in total. The average molecular weight is 577 g/mol. The normalized spacial score (nSPS) is 24.4. The maximum absolute atomic E-state index is 15.3. The van der Waals surface area contributed by atoms with Gasteiger partial charge in [-0.1, -0.05) is 18.2 Å². The smallest absolute Gasteiger partial charge is 0.268 e. The molecule has 0 radical (unpaired) electrons. The van der Waals surface area contributed by atoms with Gasteiger partial charge < -0.3 is 24.2 Å². The van der Waals surface area contributed by atoms with E-state index in [4.69, 9.17) is 9.47 Å². The van der Waals surface area contributed by atoms with Gasteiger partial charge in [0.25, 0.3) is 5.91 Å². The van der Waals surface area contributed by atoms with Gasteiger partial charge in [0.1, 0.15) is 5.82 Å². The molecule has 4 aliphatic rings. The summed E-state index contributed by atoms with van der Waals surface area (Å²) >= 11 is 1.44. The highest BCUT2D eigenvalue weighted by Gasteiger charge is 2.56. The van der Waals surface area contributed by atoms with Gasteiger partial charge in [-0.25, -0.2) is 4.39 Å². The number of fused-ring (bicyclic) bond motifs is 1. The Hall–Kier alpha value is -2.98. The van der Waals surface area contributed by atoms with Crippen molar-refractivity contribution in [2.45, 2.75) is 6.54 Å². The summed E-state index contributed by atoms with van der Waals surface area (Å²) in [5, 5.41) is 1.92. The summed E-state index contributed by atoms with van der Waals surface area (Å²) in [6.45, 7) is 9.73. The molecule has 7 nitrogen and oxygen atoms in total. The summed E-state index contributed by atoms with van der Waals surface area (Å²) in [5.74, 6) is 1.29. The first-order valence-corrected chi connectivity index (χ1v) is 15.6. The predicted molar refractivity (Wildman–Crippen MR) is 161 cm³/mol. The summed E-state index contributed by atoms with van der Waals surface area (Å²) in [4.78, 5) is 23.0. The number of carbonyl (C=O) groups excluding carboxylic acids is 1. The Morgan fingerprint density at radius 2 is 1.59 bits per heavy atom. The first kappa shape index (κ1) is 26.9. The first-order chi connectivity index (χ1) is 20.1. The number of piperidine rings is 1. The van der Waals surface area contributed by atoms with Crippen LogP contribution in [0.2, 0.25) is 0 Å². The van der Waals surface area contributed by atoms with Crippen LogP contribution in [0.15, 0.2) is 60.0 Å². The number of anilines is 3. The van der Waals surface area contributed by atoms with E-state index in [0.29, 0.717) is 66.9 Å². The monoisotopic (exact) mass is 576 g/mol. The third-order valence-electron chi connectivity index (χ3n) is 9.13. The van der Waals surface area contributed by atoms with Crippen LogP contribution in [0.1, 0.15) is 15.2 Å². The van der Waals surface area contributed by atoms with Crippen molar-refractivity contribution in [3.63, 3.8) is 0 Å². The van der Waals surface area contributed by atoms with Gasteiger partial charge in [0, 0.05) is 63.7 Å². The molecule has 7 rings (SSSR count). The topological polar surface area (TPSA) is 48.5 Å². The van der Waals surface area contributed by atoms with E-state index >= 15 is 4.39 Å². The lowest BCUT2D eigenvalue weighted by Crippen LogP contribution is -2.37. The van der Waals surface area contributed by atoms with Crippen molar-refractivity contribution >= 4 is 34.3 Å². The molecular formula is C32H37FN4O3S. The Morgan fingerprint density at radius 1 is 0.902 bits per heavy atom. The van der Waals surface area contributed by atoms with Crippen molar-refractivity contribution in [2.24, 2.45) is 17.8 Å².